The number of carbonyl (C=O) groups is 4. The second kappa shape index (κ2) is 19.7. The molecular formula is C69H92N2O18. The van der Waals surface area contributed by atoms with Crippen LogP contribution < -0.4 is 10.6 Å². The molecule has 2 aromatic rings. The van der Waals surface area contributed by atoms with Gasteiger partial charge in [0.25, 0.3) is 0 Å². The first-order valence-corrected chi connectivity index (χ1v) is 32.2. The van der Waals surface area contributed by atoms with Crippen molar-refractivity contribution < 1.29 is 87.3 Å². The van der Waals surface area contributed by atoms with Gasteiger partial charge in [0.1, 0.15) is 35.1 Å². The third-order valence-corrected chi connectivity index (χ3v) is 24.5. The highest BCUT2D eigenvalue weighted by Crippen LogP contribution is 2.82. The quantitative estimate of drug-likeness (QED) is 0.0662. The van der Waals surface area contributed by atoms with Crippen molar-refractivity contribution in [3.05, 3.63) is 83.0 Å². The van der Waals surface area contributed by atoms with Gasteiger partial charge < -0.3 is 78.8 Å². The fourth-order valence-corrected chi connectivity index (χ4v) is 20.0. The number of Topliss-reactive ketones (excluding diaryl/α,β-unsaturated/α-hetero) is 2. The number of ether oxygens (including phenoxy) is 9. The minimum atomic E-state index is -2.19. The molecule has 14 rings (SSSR count). The van der Waals surface area contributed by atoms with Crippen molar-refractivity contribution in [1.29, 1.82) is 0 Å². The average molecular weight is 1240 g/mol. The van der Waals surface area contributed by atoms with E-state index in [-0.39, 0.29) is 31.7 Å². The summed E-state index contributed by atoms with van der Waals surface area (Å²) in [5, 5.41) is 70.0. The van der Waals surface area contributed by atoms with Gasteiger partial charge in [-0.1, -0.05) is 104 Å². The zero-order valence-electron chi connectivity index (χ0n) is 54.2. The molecule has 0 bridgehead atoms. The van der Waals surface area contributed by atoms with Crippen molar-refractivity contribution in [2.75, 3.05) is 37.9 Å². The monoisotopic (exact) mass is 1240 g/mol. The summed E-state index contributed by atoms with van der Waals surface area (Å²) in [6, 6.07) is 15.0. The Hall–Kier alpha value is -4.68. The summed E-state index contributed by atoms with van der Waals surface area (Å²) in [6.45, 7) is 26.0. The zero-order chi connectivity index (χ0) is 64.5. The van der Waals surface area contributed by atoms with Gasteiger partial charge in [-0.25, -0.2) is 4.79 Å². The van der Waals surface area contributed by atoms with Gasteiger partial charge in [-0.05, 0) is 84.2 Å². The second-order valence-corrected chi connectivity index (χ2v) is 30.3. The van der Waals surface area contributed by atoms with Crippen LogP contribution in [0, 0.1) is 58.2 Å². The molecule has 20 nitrogen and oxygen atoms in total. The van der Waals surface area contributed by atoms with Gasteiger partial charge in [0.15, 0.2) is 39.9 Å². The summed E-state index contributed by atoms with van der Waals surface area (Å²) in [5.41, 5.74) is -10.4. The Bertz CT molecular complexity index is 3380. The Morgan fingerprint density at radius 1 is 0.663 bits per heavy atom. The van der Waals surface area contributed by atoms with E-state index in [2.05, 4.69) is 24.5 Å². The molecule has 10 fully saturated rings. The number of nitrogens with one attached hydrogen (secondary N) is 2. The van der Waals surface area contributed by atoms with Crippen molar-refractivity contribution in [2.24, 2.45) is 58.2 Å². The number of rotatable bonds is 12. The molecule has 2 spiro atoms. The molecule has 4 saturated heterocycles. The number of aliphatic hydroxyl groups is 5. The SMILES string of the molecule is CCCCCC(=O)O[C@@H]1[C@@H](C)[C@@]2(O)[C@H]([C@@H]3C(C)(C)[C@]13OC(=O)c1ccccc1NC)[C@@H]1O[C@@]13COC(C)(C)O[C@H]3[C@]1(O)C(=O)C(C)=C[C@H]12.CNc1ccccc1C(C)O[C@@]12[C@H](O)[C@@H](C)[C@@]3(O)[C@H]([C@@H]1C2(C)C)[C@@H]1O[C@@]12COC(C)(C)O[C@H]2[C@]1(O)C(=O)C(C)=C[C@H]13. The highest BCUT2D eigenvalue weighted by atomic mass is 16.8. The molecule has 6 saturated carbocycles. The highest BCUT2D eigenvalue weighted by molar-refractivity contribution is 6.06. The van der Waals surface area contributed by atoms with Gasteiger partial charge in [-0.3, -0.25) is 14.4 Å². The molecule has 4 heterocycles. The number of benzene rings is 2. The van der Waals surface area contributed by atoms with Crippen LogP contribution >= 0.6 is 0 Å². The zero-order valence-corrected chi connectivity index (χ0v) is 54.2. The van der Waals surface area contributed by atoms with Crippen LogP contribution in [0.15, 0.2) is 71.8 Å². The maximum absolute atomic E-state index is 14.1. The number of fused-ring (bicyclic) bond motifs is 14. The molecule has 0 aromatic heterocycles. The van der Waals surface area contributed by atoms with Gasteiger partial charge in [0, 0.05) is 95.6 Å². The number of hydrogen-bond donors (Lipinski definition) is 7. The number of ketones is 2. The van der Waals surface area contributed by atoms with Gasteiger partial charge in [0.05, 0.1) is 54.4 Å². The van der Waals surface area contributed by atoms with E-state index in [1.54, 1.807) is 92.8 Å². The van der Waals surface area contributed by atoms with E-state index >= 15 is 0 Å². The van der Waals surface area contributed by atoms with Crippen LogP contribution in [0.3, 0.4) is 0 Å². The van der Waals surface area contributed by atoms with Gasteiger partial charge >= 0.3 is 11.9 Å². The van der Waals surface area contributed by atoms with Gasteiger partial charge in [-0.2, -0.15) is 0 Å². The average Bonchev–Trinajstić information content (AvgIpc) is 1.47. The molecule has 2 aromatic carbocycles. The molecule has 0 amide bonds. The second-order valence-electron chi connectivity index (χ2n) is 30.3. The first-order chi connectivity index (χ1) is 41.5. The van der Waals surface area contributed by atoms with Crippen LogP contribution in [0.1, 0.15) is 145 Å². The van der Waals surface area contributed by atoms with Crippen LogP contribution in [-0.4, -0.2) is 169 Å². The van der Waals surface area contributed by atoms with E-state index < -0.39 is 169 Å². The normalized spacial score (nSPS) is 47.1. The maximum atomic E-state index is 14.1. The molecule has 20 heteroatoms. The number of epoxide rings is 2. The number of aliphatic hydroxyl groups excluding tert-OH is 1. The molecule has 486 valence electrons. The highest BCUT2D eigenvalue weighted by Gasteiger charge is 2.95. The largest absolute Gasteiger partial charge is 0.458 e. The molecule has 1 unspecified atom stereocenters. The Kier molecular flexibility index (Phi) is 14.0. The van der Waals surface area contributed by atoms with E-state index in [9.17, 15) is 44.7 Å². The smallest absolute Gasteiger partial charge is 0.340 e. The fourth-order valence-electron chi connectivity index (χ4n) is 20.0. The summed E-state index contributed by atoms with van der Waals surface area (Å²) in [6.07, 6.45) is -0.113. The van der Waals surface area contributed by atoms with Crippen LogP contribution in [0.5, 0.6) is 0 Å². The number of unbranched alkanes of at least 4 members (excludes halogenated alkanes) is 2. The van der Waals surface area contributed by atoms with Crippen LogP contribution in [0.4, 0.5) is 11.4 Å². The molecule has 12 aliphatic rings. The summed E-state index contributed by atoms with van der Waals surface area (Å²) < 4.78 is 57.9. The lowest BCUT2D eigenvalue weighted by Crippen LogP contribution is -2.70. The lowest BCUT2D eigenvalue weighted by molar-refractivity contribution is -0.330. The molecule has 0 radical (unpaired) electrons. The van der Waals surface area contributed by atoms with Crippen molar-refractivity contribution in [2.45, 2.75) is 222 Å². The Labute approximate surface area is 521 Å². The Balaban J connectivity index is 0.000000166. The predicted octanol–water partition coefficient (Wildman–Crippen LogP) is 6.69. The summed E-state index contributed by atoms with van der Waals surface area (Å²) in [5.74, 6) is -10.3. The molecule has 23 atom stereocenters. The number of para-hydroxylation sites is 2. The first-order valence-electron chi connectivity index (χ1n) is 32.2. The minimum Gasteiger partial charge on any atom is -0.458 e. The van der Waals surface area contributed by atoms with Gasteiger partial charge in [-0.15, -0.1) is 0 Å². The van der Waals surface area contributed by atoms with Crippen molar-refractivity contribution in [3.63, 3.8) is 0 Å². The fraction of sp³-hybridized carbons (Fsp3) is 0.710. The van der Waals surface area contributed by atoms with E-state index in [4.69, 9.17) is 42.6 Å². The van der Waals surface area contributed by atoms with Crippen LogP contribution in [0.25, 0.3) is 0 Å². The maximum Gasteiger partial charge on any atom is 0.340 e. The van der Waals surface area contributed by atoms with E-state index in [1.807, 2.05) is 65.1 Å². The van der Waals surface area contributed by atoms with Crippen molar-refractivity contribution >= 4 is 34.9 Å². The van der Waals surface area contributed by atoms with Crippen molar-refractivity contribution in [1.82, 2.24) is 0 Å². The number of carbonyl (C=O) groups excluding carboxylic acids is 4. The van der Waals surface area contributed by atoms with Gasteiger partial charge in [0.2, 0.25) is 0 Å². The predicted molar refractivity (Wildman–Crippen MR) is 322 cm³/mol. The first kappa shape index (κ1) is 63.1. The Morgan fingerprint density at radius 3 is 1.65 bits per heavy atom. The topological polar surface area (TPSA) is 283 Å². The molecule has 7 N–H and O–H groups in total. The van der Waals surface area contributed by atoms with E-state index in [0.717, 1.165) is 24.1 Å². The summed E-state index contributed by atoms with van der Waals surface area (Å²) in [4.78, 5) is 55.5. The van der Waals surface area contributed by atoms with Crippen LogP contribution in [0.2, 0.25) is 0 Å². The number of esters is 2. The molecule has 8 aliphatic carbocycles. The lowest BCUT2D eigenvalue weighted by atomic mass is 9.58. The van der Waals surface area contributed by atoms with Crippen LogP contribution in [-0.2, 0) is 57.0 Å². The number of hydrogen-bond acceptors (Lipinski definition) is 20. The summed E-state index contributed by atoms with van der Waals surface area (Å²) in [7, 11) is 3.59. The molecule has 89 heavy (non-hydrogen) atoms. The van der Waals surface area contributed by atoms with E-state index in [1.165, 1.54) is 0 Å². The standard InChI is InChI=1S/C37H49NO10.C32H43NO8/c1-9-10-11-16-24(39)45-28-20(3)35(42)23-17-19(2)27(40)36(23,43)31-34(18-44-33(6,7)48-31)29(46-34)25(35)26-32(4,5)37(26,28)47-30(41)21-14-12-13-15-22(21)38-8;1-15-13-20-30(36)16(2)24(35)32(39-17(3)18-11-9-10-12-19(18)33-8)22(27(32,4)5)21(30)25-29(40-25)14-38-28(6,7)41-26(29)31(20,37)23(15)34/h12-15,17,20,23,25-26,28-29,31,38,42-43H,9-11,16,18H2,1-8H3;9-13,16-17,20-22,24-26,33,35-37H,14H2,1-8H3/t20-,23+,25-,26-,28-,29+,31-,34+,35+,36-,37-;16-,17?,20+,21-,22-,24-,25+,26-,29+,30+,31-,32-/m11/s1. The molecular weight excluding hydrogens is 1140 g/mol. The van der Waals surface area contributed by atoms with E-state index in [0.29, 0.717) is 28.8 Å². The minimum absolute atomic E-state index is 0.0307. The lowest BCUT2D eigenvalue weighted by Gasteiger charge is -2.54. The number of anilines is 2. The Morgan fingerprint density at radius 2 is 1.13 bits per heavy atom. The molecule has 4 aliphatic heterocycles. The third-order valence-electron chi connectivity index (χ3n) is 24.5. The summed E-state index contributed by atoms with van der Waals surface area (Å²) >= 11 is 0. The van der Waals surface area contributed by atoms with Crippen molar-refractivity contribution in [3.8, 4) is 0 Å². The third kappa shape index (κ3) is 7.89.